The molecule has 9 heteroatoms. The number of fused-ring (bicyclic) bond motifs is 1. The predicted molar refractivity (Wildman–Crippen MR) is 143 cm³/mol. The van der Waals surface area contributed by atoms with Gasteiger partial charge in [-0.15, -0.1) is 11.3 Å². The molecular weight excluding hydrogens is 474 g/mol. The maximum Gasteiger partial charge on any atom is 0.225 e. The van der Waals surface area contributed by atoms with E-state index in [0.29, 0.717) is 18.2 Å². The molecule has 0 spiro atoms. The van der Waals surface area contributed by atoms with E-state index in [1.807, 2.05) is 31.2 Å². The zero-order valence-electron chi connectivity index (χ0n) is 20.5. The molecule has 188 valence electrons. The molecule has 8 nitrogen and oxygen atoms in total. The normalized spacial score (nSPS) is 22.6. The van der Waals surface area contributed by atoms with Gasteiger partial charge in [-0.3, -0.25) is 0 Å². The number of anilines is 2. The second-order valence-corrected chi connectivity index (χ2v) is 10.6. The Morgan fingerprint density at radius 3 is 2.44 bits per heavy atom. The van der Waals surface area contributed by atoms with Crippen molar-refractivity contribution in [3.63, 3.8) is 0 Å². The molecular formula is C27H31N5O3S. The first-order valence-corrected chi connectivity index (χ1v) is 13.0. The Bertz CT molecular complexity index is 1330. The summed E-state index contributed by atoms with van der Waals surface area (Å²) in [5, 5.41) is 38.2. The molecule has 5 rings (SSSR count). The second kappa shape index (κ2) is 10.1. The van der Waals surface area contributed by atoms with Gasteiger partial charge in [-0.25, -0.2) is 9.97 Å². The number of hydrogen-bond acceptors (Lipinski definition) is 9. The zero-order valence-corrected chi connectivity index (χ0v) is 21.3. The van der Waals surface area contributed by atoms with E-state index in [4.69, 9.17) is 15.0 Å². The summed E-state index contributed by atoms with van der Waals surface area (Å²) in [6.45, 7) is 5.85. The minimum Gasteiger partial charge on any atom is -0.396 e. The van der Waals surface area contributed by atoms with Crippen molar-refractivity contribution in [2.75, 3.05) is 17.2 Å². The molecule has 1 aliphatic carbocycles. The SMILES string of the molecule is Cc1ccc([C@@H](C)Nc2nc(C)c(-c3nc4ccccc4s3)c(N[C@@H]3C[C@H](CO)[C@@H](O)[C@H]3O)n2)cc1. The minimum absolute atomic E-state index is 0.0242. The van der Waals surface area contributed by atoms with E-state index < -0.39 is 24.2 Å². The smallest absolute Gasteiger partial charge is 0.225 e. The van der Waals surface area contributed by atoms with E-state index in [0.717, 1.165) is 32.0 Å². The van der Waals surface area contributed by atoms with Crippen LogP contribution >= 0.6 is 11.3 Å². The number of aromatic nitrogens is 3. The van der Waals surface area contributed by atoms with Crippen LogP contribution in [-0.2, 0) is 0 Å². The first-order chi connectivity index (χ1) is 17.3. The Morgan fingerprint density at radius 1 is 1.00 bits per heavy atom. The van der Waals surface area contributed by atoms with Gasteiger partial charge in [0.15, 0.2) is 0 Å². The molecule has 0 saturated heterocycles. The van der Waals surface area contributed by atoms with Crippen LogP contribution in [0.1, 0.15) is 36.2 Å². The Balaban J connectivity index is 1.53. The lowest BCUT2D eigenvalue weighted by Crippen LogP contribution is -2.35. The highest BCUT2D eigenvalue weighted by Crippen LogP contribution is 2.38. The average Bonchev–Trinajstić information content (AvgIpc) is 3.40. The molecule has 5 N–H and O–H groups in total. The molecule has 1 fully saturated rings. The van der Waals surface area contributed by atoms with Gasteiger partial charge in [0, 0.05) is 12.5 Å². The van der Waals surface area contributed by atoms with Crippen LogP contribution in [0, 0.1) is 19.8 Å². The van der Waals surface area contributed by atoms with Gasteiger partial charge in [0.05, 0.1) is 39.7 Å². The molecule has 0 bridgehead atoms. The molecule has 2 aromatic heterocycles. The van der Waals surface area contributed by atoms with E-state index in [1.165, 1.54) is 5.56 Å². The first kappa shape index (κ1) is 24.6. The summed E-state index contributed by atoms with van der Waals surface area (Å²) in [6.07, 6.45) is -1.60. The summed E-state index contributed by atoms with van der Waals surface area (Å²) in [7, 11) is 0. The van der Waals surface area contributed by atoms with Crippen LogP contribution in [0.4, 0.5) is 11.8 Å². The van der Waals surface area contributed by atoms with Crippen molar-refractivity contribution in [3.05, 3.63) is 65.4 Å². The number of benzene rings is 2. The Hall–Kier alpha value is -3.11. The van der Waals surface area contributed by atoms with Gasteiger partial charge in [0.1, 0.15) is 16.9 Å². The number of para-hydroxylation sites is 1. The van der Waals surface area contributed by atoms with E-state index in [9.17, 15) is 15.3 Å². The Morgan fingerprint density at radius 2 is 1.75 bits per heavy atom. The molecule has 0 aliphatic heterocycles. The van der Waals surface area contributed by atoms with Gasteiger partial charge < -0.3 is 26.0 Å². The van der Waals surface area contributed by atoms with Crippen LogP contribution in [0.25, 0.3) is 20.8 Å². The molecule has 1 aliphatic rings. The number of rotatable bonds is 7. The molecule has 0 radical (unpaired) electrons. The van der Waals surface area contributed by atoms with Crippen molar-refractivity contribution in [1.29, 1.82) is 0 Å². The summed E-state index contributed by atoms with van der Waals surface area (Å²) in [5.74, 6) is 0.597. The number of aliphatic hydroxyl groups excluding tert-OH is 3. The van der Waals surface area contributed by atoms with Gasteiger partial charge in [-0.05, 0) is 44.9 Å². The molecule has 2 heterocycles. The summed E-state index contributed by atoms with van der Waals surface area (Å²) in [6, 6.07) is 15.8. The molecule has 0 unspecified atom stereocenters. The Labute approximate surface area is 214 Å². The highest BCUT2D eigenvalue weighted by Gasteiger charge is 2.41. The fourth-order valence-electron chi connectivity index (χ4n) is 4.73. The number of nitrogens with zero attached hydrogens (tertiary/aromatic N) is 3. The van der Waals surface area contributed by atoms with E-state index in [2.05, 4.69) is 48.7 Å². The lowest BCUT2D eigenvalue weighted by molar-refractivity contribution is 0.00446. The van der Waals surface area contributed by atoms with Crippen molar-refractivity contribution in [2.45, 2.75) is 51.5 Å². The maximum atomic E-state index is 10.7. The molecule has 1 saturated carbocycles. The largest absolute Gasteiger partial charge is 0.396 e. The quantitative estimate of drug-likeness (QED) is 0.255. The first-order valence-electron chi connectivity index (χ1n) is 12.1. The van der Waals surface area contributed by atoms with Crippen LogP contribution in [-0.4, -0.2) is 55.1 Å². The zero-order chi connectivity index (χ0) is 25.4. The van der Waals surface area contributed by atoms with Crippen molar-refractivity contribution in [2.24, 2.45) is 5.92 Å². The number of hydrogen-bond donors (Lipinski definition) is 5. The van der Waals surface area contributed by atoms with Crippen LogP contribution in [0.2, 0.25) is 0 Å². The van der Waals surface area contributed by atoms with Crippen molar-refractivity contribution >= 4 is 33.3 Å². The van der Waals surface area contributed by atoms with E-state index in [1.54, 1.807) is 11.3 Å². The van der Waals surface area contributed by atoms with Gasteiger partial charge in [0.25, 0.3) is 0 Å². The number of nitrogens with one attached hydrogen (secondary N) is 2. The molecule has 36 heavy (non-hydrogen) atoms. The molecule has 5 atom stereocenters. The van der Waals surface area contributed by atoms with E-state index >= 15 is 0 Å². The topological polar surface area (TPSA) is 123 Å². The van der Waals surface area contributed by atoms with Crippen LogP contribution in [0.5, 0.6) is 0 Å². The van der Waals surface area contributed by atoms with Crippen LogP contribution in [0.3, 0.4) is 0 Å². The molecule has 0 amide bonds. The van der Waals surface area contributed by atoms with Gasteiger partial charge in [0.2, 0.25) is 5.95 Å². The third kappa shape index (κ3) is 4.79. The predicted octanol–water partition coefficient (Wildman–Crippen LogP) is 4.06. The van der Waals surface area contributed by atoms with Crippen LogP contribution < -0.4 is 10.6 Å². The number of aliphatic hydroxyl groups is 3. The fraction of sp³-hybridized carbons (Fsp3) is 0.370. The average molecular weight is 506 g/mol. The van der Waals surface area contributed by atoms with Crippen LogP contribution in [0.15, 0.2) is 48.5 Å². The summed E-state index contributed by atoms with van der Waals surface area (Å²) < 4.78 is 1.06. The highest BCUT2D eigenvalue weighted by atomic mass is 32.1. The number of thiazole rings is 1. The third-order valence-electron chi connectivity index (χ3n) is 6.88. The van der Waals surface area contributed by atoms with E-state index in [-0.39, 0.29) is 12.6 Å². The minimum atomic E-state index is -1.02. The molecule has 4 aromatic rings. The fourth-order valence-corrected chi connectivity index (χ4v) is 5.80. The Kier molecular flexibility index (Phi) is 6.90. The van der Waals surface area contributed by atoms with Gasteiger partial charge in [-0.2, -0.15) is 4.98 Å². The van der Waals surface area contributed by atoms with Gasteiger partial charge >= 0.3 is 0 Å². The summed E-state index contributed by atoms with van der Waals surface area (Å²) in [4.78, 5) is 14.4. The summed E-state index contributed by atoms with van der Waals surface area (Å²) in [5.41, 5.74) is 4.72. The van der Waals surface area contributed by atoms with Crippen molar-refractivity contribution in [1.82, 2.24) is 15.0 Å². The lowest BCUT2D eigenvalue weighted by atomic mass is 10.1. The van der Waals surface area contributed by atoms with Gasteiger partial charge in [-0.1, -0.05) is 42.0 Å². The summed E-state index contributed by atoms with van der Waals surface area (Å²) >= 11 is 1.56. The second-order valence-electron chi connectivity index (χ2n) is 9.53. The number of aryl methyl sites for hydroxylation is 2. The standard InChI is InChI=1S/C27H31N5O3S/c1-14-8-10-17(11-9-14)15(2)28-27-29-16(3)22(26-31-19-6-4-5-7-21(19)36-26)25(32-27)30-20-12-18(13-33)23(34)24(20)35/h4-11,15,18,20,23-24,33-35H,12-13H2,1-3H3,(H2,28,29,30,32)/t15-,18-,20-,23-,24+/m1/s1. The molecule has 2 aromatic carbocycles. The van der Waals surface area contributed by atoms with Crippen molar-refractivity contribution in [3.8, 4) is 10.6 Å². The third-order valence-corrected chi connectivity index (χ3v) is 7.93. The monoisotopic (exact) mass is 505 g/mol. The van der Waals surface area contributed by atoms with Crippen molar-refractivity contribution < 1.29 is 15.3 Å². The lowest BCUT2D eigenvalue weighted by Gasteiger charge is -2.22. The highest BCUT2D eigenvalue weighted by molar-refractivity contribution is 7.21. The maximum absolute atomic E-state index is 10.7.